The smallest absolute Gasteiger partial charge is 0.115 e. The normalized spacial score (nSPS) is 20.6. The Hall–Kier alpha value is -1.78. The fourth-order valence-corrected chi connectivity index (χ4v) is 2.51. The number of pyridine rings is 2. The second-order valence-electron chi connectivity index (χ2n) is 5.48. The van der Waals surface area contributed by atoms with Crippen molar-refractivity contribution in [2.24, 2.45) is 5.92 Å². The van der Waals surface area contributed by atoms with Gasteiger partial charge < -0.3 is 9.84 Å². The zero-order chi connectivity index (χ0) is 14.1. The molecular weight excluding hydrogens is 252 g/mol. The monoisotopic (exact) mass is 270 g/mol. The topological polar surface area (TPSA) is 55.2 Å². The van der Waals surface area contributed by atoms with Gasteiger partial charge in [0.15, 0.2) is 0 Å². The second-order valence-corrected chi connectivity index (χ2v) is 5.48. The average molecular weight is 270 g/mol. The molecule has 20 heavy (non-hydrogen) atoms. The van der Waals surface area contributed by atoms with E-state index in [4.69, 9.17) is 4.74 Å². The summed E-state index contributed by atoms with van der Waals surface area (Å²) < 4.78 is 5.92. The van der Waals surface area contributed by atoms with Gasteiger partial charge in [0.25, 0.3) is 0 Å². The predicted molar refractivity (Wildman–Crippen MR) is 76.0 cm³/mol. The lowest BCUT2D eigenvalue weighted by molar-refractivity contribution is -0.0515. The minimum atomic E-state index is -0.700. The van der Waals surface area contributed by atoms with Crippen LogP contribution in [0.1, 0.15) is 37.2 Å². The molecule has 2 aromatic heterocycles. The summed E-state index contributed by atoms with van der Waals surface area (Å²) in [6.45, 7) is 4.79. The molecule has 1 N–H and O–H groups in total. The molecule has 0 saturated carbocycles. The van der Waals surface area contributed by atoms with E-state index in [2.05, 4.69) is 23.8 Å². The molecule has 4 heteroatoms. The highest BCUT2D eigenvalue weighted by Crippen LogP contribution is 2.44. The summed E-state index contributed by atoms with van der Waals surface area (Å²) in [5.74, 6) is 0.414. The van der Waals surface area contributed by atoms with Crippen molar-refractivity contribution in [2.75, 3.05) is 6.61 Å². The van der Waals surface area contributed by atoms with Gasteiger partial charge in [-0.3, -0.25) is 9.97 Å². The van der Waals surface area contributed by atoms with Gasteiger partial charge in [-0.25, -0.2) is 0 Å². The molecule has 2 heterocycles. The van der Waals surface area contributed by atoms with Gasteiger partial charge >= 0.3 is 0 Å². The Morgan fingerprint density at radius 3 is 2.35 bits per heavy atom. The third kappa shape index (κ3) is 2.21. The number of hydrogen-bond acceptors (Lipinski definition) is 4. The number of ether oxygens (including phenoxy) is 1. The van der Waals surface area contributed by atoms with E-state index in [1.54, 1.807) is 12.4 Å². The summed E-state index contributed by atoms with van der Waals surface area (Å²) in [6, 6.07) is 7.53. The zero-order valence-corrected chi connectivity index (χ0v) is 11.7. The summed E-state index contributed by atoms with van der Waals surface area (Å²) in [4.78, 5) is 8.78. The van der Waals surface area contributed by atoms with Crippen LogP contribution in [-0.2, 0) is 4.74 Å². The van der Waals surface area contributed by atoms with Crippen molar-refractivity contribution in [3.05, 3.63) is 47.8 Å². The van der Waals surface area contributed by atoms with E-state index >= 15 is 0 Å². The Bertz CT molecular complexity index is 613. The van der Waals surface area contributed by atoms with Crippen LogP contribution in [0.5, 0.6) is 0 Å². The molecule has 0 radical (unpaired) electrons. The number of hydrogen-bond donors (Lipinski definition) is 1. The summed E-state index contributed by atoms with van der Waals surface area (Å²) >= 11 is 0. The molecule has 0 amide bonds. The molecule has 1 aliphatic rings. The Balaban J connectivity index is 2.06. The van der Waals surface area contributed by atoms with Crippen LogP contribution in [0, 0.1) is 5.92 Å². The van der Waals surface area contributed by atoms with E-state index in [0.29, 0.717) is 12.5 Å². The van der Waals surface area contributed by atoms with Gasteiger partial charge in [-0.15, -0.1) is 0 Å². The fraction of sp³-hybridized carbons (Fsp3) is 0.375. The van der Waals surface area contributed by atoms with Gasteiger partial charge in [0.05, 0.1) is 11.4 Å². The van der Waals surface area contributed by atoms with E-state index in [0.717, 1.165) is 22.5 Å². The summed E-state index contributed by atoms with van der Waals surface area (Å²) in [6.07, 6.45) is 2.39. The van der Waals surface area contributed by atoms with E-state index in [1.165, 1.54) is 0 Å². The van der Waals surface area contributed by atoms with Crippen molar-refractivity contribution >= 4 is 0 Å². The lowest BCUT2D eigenvalue weighted by Crippen LogP contribution is -2.22. The maximum absolute atomic E-state index is 10.6. The van der Waals surface area contributed by atoms with Crippen LogP contribution < -0.4 is 0 Å². The van der Waals surface area contributed by atoms with Crippen molar-refractivity contribution in [2.45, 2.75) is 26.1 Å². The number of nitrogens with zero attached hydrogens (tertiary/aromatic N) is 2. The molecule has 1 aliphatic carbocycles. The Kier molecular flexibility index (Phi) is 3.51. The minimum absolute atomic E-state index is 0.377. The highest BCUT2D eigenvalue weighted by molar-refractivity contribution is 5.67. The van der Waals surface area contributed by atoms with E-state index in [1.807, 2.05) is 24.3 Å². The third-order valence-corrected chi connectivity index (χ3v) is 3.42. The molecule has 2 aromatic rings. The summed E-state index contributed by atoms with van der Waals surface area (Å²) in [5.41, 5.74) is 3.25. The molecule has 0 unspecified atom stereocenters. The summed E-state index contributed by atoms with van der Waals surface area (Å²) in [5, 5.41) is 10.6. The van der Waals surface area contributed by atoms with Crippen LogP contribution >= 0.6 is 0 Å². The van der Waals surface area contributed by atoms with Crippen LogP contribution in [-0.4, -0.2) is 21.7 Å². The molecule has 2 atom stereocenters. The molecule has 104 valence electrons. The molecule has 4 nitrogen and oxygen atoms in total. The van der Waals surface area contributed by atoms with Crippen LogP contribution in [0.4, 0.5) is 0 Å². The largest absolute Gasteiger partial charge is 0.385 e. The van der Waals surface area contributed by atoms with E-state index in [-0.39, 0.29) is 6.10 Å². The standard InChI is InChI=1S/C16H18N2O2/c1-10(2)9-20-16-12-6-4-8-18-14(12)13-11(15(16)19)5-3-7-17-13/h3-8,10,15-16,19H,9H2,1-2H3/t15-,16-/m0/s1. The van der Waals surface area contributed by atoms with Gasteiger partial charge in [-0.05, 0) is 18.1 Å². The summed E-state index contributed by atoms with van der Waals surface area (Å²) in [7, 11) is 0. The van der Waals surface area contributed by atoms with Crippen molar-refractivity contribution in [3.63, 3.8) is 0 Å². The Labute approximate surface area is 118 Å². The van der Waals surface area contributed by atoms with Crippen LogP contribution in [0.2, 0.25) is 0 Å². The molecule has 0 saturated heterocycles. The van der Waals surface area contributed by atoms with Crippen molar-refractivity contribution in [3.8, 4) is 11.4 Å². The average Bonchev–Trinajstić information content (AvgIpc) is 2.47. The first-order valence-electron chi connectivity index (χ1n) is 6.88. The minimum Gasteiger partial charge on any atom is -0.385 e. The van der Waals surface area contributed by atoms with Crippen molar-refractivity contribution < 1.29 is 9.84 Å². The first kappa shape index (κ1) is 13.2. The number of aliphatic hydroxyl groups excluding tert-OH is 1. The lowest BCUT2D eigenvalue weighted by Gasteiger charge is -2.31. The Morgan fingerprint density at radius 1 is 1.10 bits per heavy atom. The van der Waals surface area contributed by atoms with Gasteiger partial charge in [0, 0.05) is 30.1 Å². The molecule has 3 rings (SSSR count). The SMILES string of the molecule is CC(C)CO[C@H]1c2cccnc2-c2ncccc2[C@@H]1O. The molecular formula is C16H18N2O2. The molecule has 0 fully saturated rings. The van der Waals surface area contributed by atoms with Crippen LogP contribution in [0.3, 0.4) is 0 Å². The van der Waals surface area contributed by atoms with E-state index < -0.39 is 6.10 Å². The van der Waals surface area contributed by atoms with E-state index in [9.17, 15) is 5.11 Å². The van der Waals surface area contributed by atoms with Gasteiger partial charge in [0.2, 0.25) is 0 Å². The van der Waals surface area contributed by atoms with Crippen molar-refractivity contribution in [1.82, 2.24) is 9.97 Å². The van der Waals surface area contributed by atoms with Crippen LogP contribution in [0.15, 0.2) is 36.7 Å². The zero-order valence-electron chi connectivity index (χ0n) is 11.7. The molecule has 0 aromatic carbocycles. The van der Waals surface area contributed by atoms with Gasteiger partial charge in [0.1, 0.15) is 12.2 Å². The van der Waals surface area contributed by atoms with Crippen molar-refractivity contribution in [1.29, 1.82) is 0 Å². The first-order chi connectivity index (χ1) is 9.68. The number of aromatic nitrogens is 2. The van der Waals surface area contributed by atoms with Gasteiger partial charge in [-0.2, -0.15) is 0 Å². The molecule has 0 aliphatic heterocycles. The second kappa shape index (κ2) is 5.31. The maximum atomic E-state index is 10.6. The highest BCUT2D eigenvalue weighted by atomic mass is 16.5. The predicted octanol–water partition coefficient (Wildman–Crippen LogP) is 2.90. The highest BCUT2D eigenvalue weighted by Gasteiger charge is 2.34. The van der Waals surface area contributed by atoms with Gasteiger partial charge in [-0.1, -0.05) is 26.0 Å². The Morgan fingerprint density at radius 2 is 1.70 bits per heavy atom. The first-order valence-corrected chi connectivity index (χ1v) is 6.88. The number of rotatable bonds is 3. The third-order valence-electron chi connectivity index (χ3n) is 3.42. The van der Waals surface area contributed by atoms with Crippen LogP contribution in [0.25, 0.3) is 11.4 Å². The molecule has 0 bridgehead atoms. The maximum Gasteiger partial charge on any atom is 0.115 e. The lowest BCUT2D eigenvalue weighted by atomic mass is 9.88. The number of aliphatic hydroxyl groups is 1. The quantitative estimate of drug-likeness (QED) is 0.931. The molecule has 0 spiro atoms. The number of fused-ring (bicyclic) bond motifs is 3. The fourth-order valence-electron chi connectivity index (χ4n) is 2.51.